The van der Waals surface area contributed by atoms with E-state index >= 15 is 0 Å². The Bertz CT molecular complexity index is 371. The molecule has 0 amide bonds. The van der Waals surface area contributed by atoms with Crippen LogP contribution in [0.25, 0.3) is 0 Å². The van der Waals surface area contributed by atoms with Crippen LogP contribution in [0.3, 0.4) is 0 Å². The molecule has 144 valence electrons. The Morgan fingerprint density at radius 2 is 1.04 bits per heavy atom. The van der Waals surface area contributed by atoms with Crippen LogP contribution >= 0.6 is 0 Å². The Morgan fingerprint density at radius 1 is 0.600 bits per heavy atom. The first kappa shape index (κ1) is 19.5. The van der Waals surface area contributed by atoms with Gasteiger partial charge in [0.2, 0.25) is 0 Å². The Balaban J connectivity index is 1.33. The molecular weight excluding hydrogens is 300 g/mol. The molecule has 0 atom stereocenters. The van der Waals surface area contributed by atoms with Gasteiger partial charge < -0.3 is 0 Å². The van der Waals surface area contributed by atoms with Crippen LogP contribution in [0.1, 0.15) is 110 Å². The minimum atomic E-state index is 1.01. The van der Waals surface area contributed by atoms with E-state index in [0.29, 0.717) is 0 Å². The van der Waals surface area contributed by atoms with Crippen LogP contribution in [-0.2, 0) is 0 Å². The quantitative estimate of drug-likeness (QED) is 0.426. The summed E-state index contributed by atoms with van der Waals surface area (Å²) in [6, 6.07) is 0. The van der Waals surface area contributed by atoms with Gasteiger partial charge in [0.1, 0.15) is 0 Å². The first-order valence-electron chi connectivity index (χ1n) is 11.9. The summed E-state index contributed by atoms with van der Waals surface area (Å²) in [6.45, 7) is 4.70. The molecule has 0 nitrogen and oxygen atoms in total. The molecule has 0 aromatic heterocycles. The van der Waals surface area contributed by atoms with Gasteiger partial charge >= 0.3 is 0 Å². The highest BCUT2D eigenvalue weighted by molar-refractivity contribution is 4.86. The van der Waals surface area contributed by atoms with E-state index in [1.54, 1.807) is 51.4 Å². The summed E-state index contributed by atoms with van der Waals surface area (Å²) in [5.74, 6) is 6.45. The third-order valence-electron chi connectivity index (χ3n) is 8.25. The van der Waals surface area contributed by atoms with E-state index in [-0.39, 0.29) is 0 Å². The maximum Gasteiger partial charge on any atom is -0.0348 e. The molecule has 0 heteroatoms. The lowest BCUT2D eigenvalue weighted by Crippen LogP contribution is -2.29. The third kappa shape index (κ3) is 5.86. The largest absolute Gasteiger partial charge is 0.0888 e. The average molecular weight is 345 g/mol. The molecule has 0 radical (unpaired) electrons. The molecule has 0 N–H and O–H groups in total. The summed E-state index contributed by atoms with van der Waals surface area (Å²) in [5.41, 5.74) is 0. The molecular formula is C25H44. The van der Waals surface area contributed by atoms with Crippen molar-refractivity contribution in [1.82, 2.24) is 0 Å². The lowest BCUT2D eigenvalue weighted by molar-refractivity contribution is 0.105. The maximum atomic E-state index is 2.46. The van der Waals surface area contributed by atoms with Crippen molar-refractivity contribution in [3.05, 3.63) is 12.2 Å². The van der Waals surface area contributed by atoms with Crippen LogP contribution in [0, 0.1) is 35.5 Å². The summed E-state index contributed by atoms with van der Waals surface area (Å²) in [7, 11) is 0. The van der Waals surface area contributed by atoms with Crippen molar-refractivity contribution in [2.75, 3.05) is 0 Å². The molecule has 0 saturated heterocycles. The van der Waals surface area contributed by atoms with Crippen molar-refractivity contribution in [3.8, 4) is 0 Å². The Kier molecular flexibility index (Phi) is 7.93. The van der Waals surface area contributed by atoms with Gasteiger partial charge in [-0.25, -0.2) is 0 Å². The molecule has 0 spiro atoms. The maximum absolute atomic E-state index is 2.46. The minimum Gasteiger partial charge on any atom is -0.0888 e. The standard InChI is InChI=1S/C25H44/c1-3-4-5-6-7-21-10-14-23(15-11-21)25-18-16-24(17-19-25)22-12-8-20(2)9-13-22/h4-5,20-25H,3,6-19H2,1-2H3/b5-4+. The van der Waals surface area contributed by atoms with Crippen molar-refractivity contribution in [1.29, 1.82) is 0 Å². The van der Waals surface area contributed by atoms with Gasteiger partial charge in [0, 0.05) is 0 Å². The van der Waals surface area contributed by atoms with Crippen LogP contribution in [0.2, 0.25) is 0 Å². The van der Waals surface area contributed by atoms with E-state index < -0.39 is 0 Å². The highest BCUT2D eigenvalue weighted by Gasteiger charge is 2.34. The summed E-state index contributed by atoms with van der Waals surface area (Å²) >= 11 is 0. The predicted molar refractivity (Wildman–Crippen MR) is 111 cm³/mol. The van der Waals surface area contributed by atoms with Crippen molar-refractivity contribution >= 4 is 0 Å². The zero-order chi connectivity index (χ0) is 17.5. The monoisotopic (exact) mass is 344 g/mol. The SMILES string of the molecule is CC/C=C/CCC1CCC(C2CCC(C3CCC(C)CC3)CC2)CC1. The van der Waals surface area contributed by atoms with Gasteiger partial charge in [-0.2, -0.15) is 0 Å². The zero-order valence-corrected chi connectivity index (χ0v) is 17.2. The predicted octanol–water partition coefficient (Wildman–Crippen LogP) is 8.17. The van der Waals surface area contributed by atoms with E-state index in [0.717, 1.165) is 35.5 Å². The summed E-state index contributed by atoms with van der Waals surface area (Å²) in [6.07, 6.45) is 27.4. The third-order valence-corrected chi connectivity index (χ3v) is 8.25. The smallest absolute Gasteiger partial charge is 0.0348 e. The van der Waals surface area contributed by atoms with Crippen LogP contribution < -0.4 is 0 Å². The van der Waals surface area contributed by atoms with Crippen molar-refractivity contribution in [2.24, 2.45) is 35.5 Å². The molecule has 3 fully saturated rings. The highest BCUT2D eigenvalue weighted by atomic mass is 14.4. The van der Waals surface area contributed by atoms with Crippen LogP contribution in [0.4, 0.5) is 0 Å². The van der Waals surface area contributed by atoms with Crippen molar-refractivity contribution in [2.45, 2.75) is 110 Å². The van der Waals surface area contributed by atoms with Gasteiger partial charge in [0.25, 0.3) is 0 Å². The number of hydrogen-bond donors (Lipinski definition) is 0. The summed E-state index contributed by atoms with van der Waals surface area (Å²) in [5, 5.41) is 0. The fourth-order valence-electron chi connectivity index (χ4n) is 6.41. The van der Waals surface area contributed by atoms with Gasteiger partial charge in [-0.15, -0.1) is 0 Å². The molecule has 3 aliphatic carbocycles. The lowest BCUT2D eigenvalue weighted by Gasteiger charge is -2.41. The second-order valence-electron chi connectivity index (χ2n) is 9.93. The van der Waals surface area contributed by atoms with Gasteiger partial charge in [0.15, 0.2) is 0 Å². The summed E-state index contributed by atoms with van der Waals surface area (Å²) in [4.78, 5) is 0. The lowest BCUT2D eigenvalue weighted by atomic mass is 9.65. The molecule has 0 heterocycles. The second-order valence-corrected chi connectivity index (χ2v) is 9.93. The molecule has 0 aromatic carbocycles. The van der Waals surface area contributed by atoms with E-state index in [2.05, 4.69) is 26.0 Å². The number of hydrogen-bond acceptors (Lipinski definition) is 0. The van der Waals surface area contributed by atoms with Crippen LogP contribution in [-0.4, -0.2) is 0 Å². The Hall–Kier alpha value is -0.260. The number of rotatable bonds is 6. The first-order valence-corrected chi connectivity index (χ1v) is 11.9. The minimum absolute atomic E-state index is 1.01. The fourth-order valence-corrected chi connectivity index (χ4v) is 6.41. The van der Waals surface area contributed by atoms with E-state index in [1.165, 1.54) is 44.9 Å². The van der Waals surface area contributed by atoms with Crippen LogP contribution in [0.15, 0.2) is 12.2 Å². The van der Waals surface area contributed by atoms with Gasteiger partial charge in [-0.05, 0) is 106 Å². The molecule has 3 aliphatic rings. The zero-order valence-electron chi connectivity index (χ0n) is 17.2. The molecule has 0 aromatic rings. The van der Waals surface area contributed by atoms with Gasteiger partial charge in [-0.1, -0.05) is 51.7 Å². The Labute approximate surface area is 158 Å². The fraction of sp³-hybridized carbons (Fsp3) is 0.920. The van der Waals surface area contributed by atoms with Gasteiger partial charge in [-0.3, -0.25) is 0 Å². The molecule has 0 bridgehead atoms. The van der Waals surface area contributed by atoms with Crippen molar-refractivity contribution in [3.63, 3.8) is 0 Å². The van der Waals surface area contributed by atoms with E-state index in [9.17, 15) is 0 Å². The van der Waals surface area contributed by atoms with E-state index in [1.807, 2.05) is 0 Å². The molecule has 3 saturated carbocycles. The Morgan fingerprint density at radius 3 is 1.52 bits per heavy atom. The summed E-state index contributed by atoms with van der Waals surface area (Å²) < 4.78 is 0. The molecule has 0 aliphatic heterocycles. The first-order chi connectivity index (χ1) is 12.3. The molecule has 25 heavy (non-hydrogen) atoms. The average Bonchev–Trinajstić information content (AvgIpc) is 2.67. The highest BCUT2D eigenvalue weighted by Crippen LogP contribution is 2.46. The number of allylic oxidation sites excluding steroid dienone is 2. The van der Waals surface area contributed by atoms with Crippen molar-refractivity contribution < 1.29 is 0 Å². The normalized spacial score (nSPS) is 40.4. The van der Waals surface area contributed by atoms with Crippen LogP contribution in [0.5, 0.6) is 0 Å². The van der Waals surface area contributed by atoms with Gasteiger partial charge in [0.05, 0.1) is 0 Å². The topological polar surface area (TPSA) is 0 Å². The van der Waals surface area contributed by atoms with E-state index in [4.69, 9.17) is 0 Å². The molecule has 0 unspecified atom stereocenters. The second kappa shape index (κ2) is 10.2. The molecule has 3 rings (SSSR count).